The van der Waals surface area contributed by atoms with E-state index in [2.05, 4.69) is 29.4 Å². The first-order valence-electron chi connectivity index (χ1n) is 6.11. The van der Waals surface area contributed by atoms with Gasteiger partial charge in [0.2, 0.25) is 0 Å². The van der Waals surface area contributed by atoms with Gasteiger partial charge in [-0.25, -0.2) is 4.39 Å². The first-order chi connectivity index (χ1) is 8.69. The molecule has 0 radical (unpaired) electrons. The zero-order valence-electron chi connectivity index (χ0n) is 10.6. The Kier molecular flexibility index (Phi) is 4.44. The number of nitrogens with one attached hydrogen (secondary N) is 1. The van der Waals surface area contributed by atoms with Crippen LogP contribution in [0.15, 0.2) is 30.5 Å². The molecule has 0 aliphatic heterocycles. The quantitative estimate of drug-likeness (QED) is 0.890. The molecule has 0 saturated heterocycles. The number of rotatable bonds is 5. The van der Waals surface area contributed by atoms with Gasteiger partial charge in [0.25, 0.3) is 0 Å². The molecular formula is C14H17FN2S. The fourth-order valence-electron chi connectivity index (χ4n) is 1.71. The Morgan fingerprint density at radius 1 is 1.28 bits per heavy atom. The number of aromatic nitrogens is 1. The predicted octanol–water partition coefficient (Wildman–Crippen LogP) is 3.70. The molecule has 1 unspecified atom stereocenters. The summed E-state index contributed by atoms with van der Waals surface area (Å²) in [5.41, 5.74) is 0.865. The Morgan fingerprint density at radius 2 is 2.06 bits per heavy atom. The molecule has 0 spiro atoms. The highest BCUT2D eigenvalue weighted by atomic mass is 32.1. The molecule has 96 valence electrons. The maximum atomic E-state index is 12.8. The topological polar surface area (TPSA) is 24.9 Å². The number of thiophene rings is 1. The fraction of sp³-hybridized carbons (Fsp3) is 0.357. The van der Waals surface area contributed by atoms with Crippen LogP contribution in [0.3, 0.4) is 0 Å². The standard InChI is InChI=1S/C14H17FN2S/c1-3-12-5-6-13(18-12)9-16-10(2)14-7-4-11(15)8-17-14/h4-8,10,16H,3,9H2,1-2H3. The molecule has 2 aromatic rings. The number of hydrogen-bond acceptors (Lipinski definition) is 3. The van der Waals surface area contributed by atoms with Gasteiger partial charge in [0.05, 0.1) is 11.9 Å². The lowest BCUT2D eigenvalue weighted by Gasteiger charge is -2.12. The number of hydrogen-bond donors (Lipinski definition) is 1. The zero-order chi connectivity index (χ0) is 13.0. The molecule has 0 fully saturated rings. The Morgan fingerprint density at radius 3 is 2.67 bits per heavy atom. The molecule has 2 rings (SSSR count). The van der Waals surface area contributed by atoms with Crippen molar-refractivity contribution in [3.8, 4) is 0 Å². The van der Waals surface area contributed by atoms with E-state index in [1.54, 1.807) is 6.07 Å². The van der Waals surface area contributed by atoms with Gasteiger partial charge in [-0.05, 0) is 37.6 Å². The highest BCUT2D eigenvalue weighted by molar-refractivity contribution is 7.11. The first kappa shape index (κ1) is 13.2. The Hall–Kier alpha value is -1.26. The highest BCUT2D eigenvalue weighted by Crippen LogP contribution is 2.18. The summed E-state index contributed by atoms with van der Waals surface area (Å²) in [6.45, 7) is 5.02. The SMILES string of the molecule is CCc1ccc(CNC(C)c2ccc(F)cn2)s1. The minimum atomic E-state index is -0.295. The lowest BCUT2D eigenvalue weighted by atomic mass is 10.2. The smallest absolute Gasteiger partial charge is 0.141 e. The molecule has 0 amide bonds. The van der Waals surface area contributed by atoms with Gasteiger partial charge < -0.3 is 5.32 Å². The van der Waals surface area contributed by atoms with Gasteiger partial charge in [-0.15, -0.1) is 11.3 Å². The lowest BCUT2D eigenvalue weighted by Crippen LogP contribution is -2.18. The summed E-state index contributed by atoms with van der Waals surface area (Å²) in [5, 5.41) is 3.40. The zero-order valence-corrected chi connectivity index (χ0v) is 11.4. The first-order valence-corrected chi connectivity index (χ1v) is 6.93. The summed E-state index contributed by atoms with van der Waals surface area (Å²) >= 11 is 1.83. The second-order valence-electron chi connectivity index (χ2n) is 4.23. The fourth-order valence-corrected chi connectivity index (χ4v) is 2.62. The molecule has 2 heterocycles. The minimum absolute atomic E-state index is 0.123. The number of aryl methyl sites for hydroxylation is 1. The molecule has 4 heteroatoms. The van der Waals surface area contributed by atoms with Crippen LogP contribution in [0.4, 0.5) is 4.39 Å². The van der Waals surface area contributed by atoms with Gasteiger partial charge >= 0.3 is 0 Å². The molecule has 2 aromatic heterocycles. The van der Waals surface area contributed by atoms with Crippen LogP contribution in [-0.4, -0.2) is 4.98 Å². The summed E-state index contributed by atoms with van der Waals surface area (Å²) in [4.78, 5) is 6.80. The number of nitrogens with zero attached hydrogens (tertiary/aromatic N) is 1. The van der Waals surface area contributed by atoms with E-state index in [4.69, 9.17) is 0 Å². The van der Waals surface area contributed by atoms with E-state index < -0.39 is 0 Å². The molecule has 0 saturated carbocycles. The summed E-state index contributed by atoms with van der Waals surface area (Å²) in [5.74, 6) is -0.295. The summed E-state index contributed by atoms with van der Waals surface area (Å²) in [6.07, 6.45) is 2.34. The van der Waals surface area contributed by atoms with Gasteiger partial charge in [0, 0.05) is 22.3 Å². The highest BCUT2D eigenvalue weighted by Gasteiger charge is 2.07. The van der Waals surface area contributed by atoms with Crippen LogP contribution >= 0.6 is 11.3 Å². The van der Waals surface area contributed by atoms with Crippen LogP contribution in [0, 0.1) is 5.82 Å². The van der Waals surface area contributed by atoms with Crippen LogP contribution in [0.1, 0.15) is 35.3 Å². The van der Waals surface area contributed by atoms with E-state index in [0.717, 1.165) is 18.7 Å². The van der Waals surface area contributed by atoms with Crippen molar-refractivity contribution in [1.82, 2.24) is 10.3 Å². The lowest BCUT2D eigenvalue weighted by molar-refractivity contribution is 0.558. The molecule has 18 heavy (non-hydrogen) atoms. The van der Waals surface area contributed by atoms with Crippen LogP contribution in [0.25, 0.3) is 0 Å². The largest absolute Gasteiger partial charge is 0.304 e. The maximum absolute atomic E-state index is 12.8. The molecule has 1 N–H and O–H groups in total. The maximum Gasteiger partial charge on any atom is 0.141 e. The van der Waals surface area contributed by atoms with Crippen molar-refractivity contribution >= 4 is 11.3 Å². The average Bonchev–Trinajstić information content (AvgIpc) is 2.85. The Bertz CT molecular complexity index is 493. The van der Waals surface area contributed by atoms with Gasteiger partial charge in [-0.1, -0.05) is 6.92 Å². The molecule has 1 atom stereocenters. The normalized spacial score (nSPS) is 12.6. The van der Waals surface area contributed by atoms with Crippen molar-refractivity contribution in [2.45, 2.75) is 32.9 Å². The second kappa shape index (κ2) is 6.07. The van der Waals surface area contributed by atoms with Crippen molar-refractivity contribution in [2.75, 3.05) is 0 Å². The molecule has 0 aliphatic carbocycles. The summed E-state index contributed by atoms with van der Waals surface area (Å²) in [7, 11) is 0. The van der Waals surface area contributed by atoms with E-state index in [1.165, 1.54) is 22.0 Å². The van der Waals surface area contributed by atoms with Gasteiger partial charge in [-0.2, -0.15) is 0 Å². The van der Waals surface area contributed by atoms with Gasteiger partial charge in [0.15, 0.2) is 0 Å². The predicted molar refractivity (Wildman–Crippen MR) is 73.1 cm³/mol. The molecular weight excluding hydrogens is 247 g/mol. The van der Waals surface area contributed by atoms with Crippen molar-refractivity contribution in [2.24, 2.45) is 0 Å². The van der Waals surface area contributed by atoms with Crippen molar-refractivity contribution in [1.29, 1.82) is 0 Å². The summed E-state index contributed by atoms with van der Waals surface area (Å²) < 4.78 is 12.8. The Labute approximate surface area is 111 Å². The van der Waals surface area contributed by atoms with Crippen LogP contribution in [0.2, 0.25) is 0 Å². The van der Waals surface area contributed by atoms with Gasteiger partial charge in [-0.3, -0.25) is 4.98 Å². The van der Waals surface area contributed by atoms with E-state index in [9.17, 15) is 4.39 Å². The van der Waals surface area contributed by atoms with Crippen molar-refractivity contribution < 1.29 is 4.39 Å². The van der Waals surface area contributed by atoms with E-state index in [1.807, 2.05) is 18.3 Å². The second-order valence-corrected chi connectivity index (χ2v) is 5.48. The van der Waals surface area contributed by atoms with E-state index >= 15 is 0 Å². The average molecular weight is 264 g/mol. The van der Waals surface area contributed by atoms with E-state index in [-0.39, 0.29) is 11.9 Å². The molecule has 0 aliphatic rings. The van der Waals surface area contributed by atoms with Gasteiger partial charge in [0.1, 0.15) is 5.82 Å². The van der Waals surface area contributed by atoms with Crippen LogP contribution < -0.4 is 5.32 Å². The third-order valence-electron chi connectivity index (χ3n) is 2.84. The van der Waals surface area contributed by atoms with Crippen molar-refractivity contribution in [3.63, 3.8) is 0 Å². The van der Waals surface area contributed by atoms with Crippen LogP contribution in [-0.2, 0) is 13.0 Å². The molecule has 0 aromatic carbocycles. The molecule has 2 nitrogen and oxygen atoms in total. The number of pyridine rings is 1. The van der Waals surface area contributed by atoms with Crippen molar-refractivity contribution in [3.05, 3.63) is 51.7 Å². The third-order valence-corrected chi connectivity index (χ3v) is 4.07. The van der Waals surface area contributed by atoms with Crippen LogP contribution in [0.5, 0.6) is 0 Å². The monoisotopic (exact) mass is 264 g/mol. The third kappa shape index (κ3) is 3.37. The Balaban J connectivity index is 1.91. The minimum Gasteiger partial charge on any atom is -0.304 e. The van der Waals surface area contributed by atoms with E-state index in [0.29, 0.717) is 0 Å². The summed E-state index contributed by atoms with van der Waals surface area (Å²) in [6, 6.07) is 7.61. The number of halogens is 1. The molecule has 0 bridgehead atoms.